The summed E-state index contributed by atoms with van der Waals surface area (Å²) in [7, 11) is 0. The smallest absolute Gasteiger partial charge is 0.521 e. The molecule has 0 atom stereocenters. The van der Waals surface area contributed by atoms with Gasteiger partial charge in [-0.05, 0) is 0 Å². The molecule has 2 N–H and O–H groups in total. The summed E-state index contributed by atoms with van der Waals surface area (Å²) in [5, 5.41) is 8.33. The number of aromatic nitrogens is 1. The zero-order chi connectivity index (χ0) is 6.69. The number of rotatable bonds is 1. The Kier molecular flexibility index (Phi) is 7.11. The molecule has 0 aliphatic carbocycles. The fourth-order valence-corrected chi connectivity index (χ4v) is 0.478. The number of aromatic carboxylic acids is 1. The normalized spacial score (nSPS) is 7.27. The number of pyridine rings is 1. The average molecular weight is 322 g/mol. The van der Waals surface area contributed by atoms with Gasteiger partial charge in [0.25, 0.3) is 5.97 Å². The van der Waals surface area contributed by atoms with E-state index in [1.54, 1.807) is 12.3 Å². The third-order valence-electron chi connectivity index (χ3n) is 0.880. The van der Waals surface area contributed by atoms with Gasteiger partial charge in [0.1, 0.15) is 0 Å². The number of H-pyrrole nitrogens is 1. The number of hydrogen-bond donors (Lipinski definition) is 1. The maximum absolute atomic E-state index is 10.1. The predicted octanol–water partition coefficient (Wildman–Crippen LogP) is 0.447. The van der Waals surface area contributed by atoms with Crippen molar-refractivity contribution in [1.82, 2.24) is 0 Å². The van der Waals surface area contributed by atoms with Crippen LogP contribution in [0.4, 0.5) is 0 Å². The van der Waals surface area contributed by atoms with Gasteiger partial charge in [-0.1, -0.05) is 6.07 Å². The van der Waals surface area contributed by atoms with Crippen LogP contribution in [-0.4, -0.2) is 11.1 Å². The van der Waals surface area contributed by atoms with Crippen LogP contribution < -0.4 is 4.98 Å². The zero-order valence-corrected chi connectivity index (χ0v) is 8.93. The van der Waals surface area contributed by atoms with Crippen LogP contribution in [0.1, 0.15) is 10.4 Å². The minimum absolute atomic E-state index is 0. The van der Waals surface area contributed by atoms with Crippen molar-refractivity contribution in [3.05, 3.63) is 37.5 Å². The van der Waals surface area contributed by atoms with Crippen LogP contribution >= 0.6 is 0 Å². The van der Waals surface area contributed by atoms with Crippen molar-refractivity contribution in [2.75, 3.05) is 0 Å². The van der Waals surface area contributed by atoms with Gasteiger partial charge in [-0.2, -0.15) is 0 Å². The Morgan fingerprint density at radius 2 is 2.27 bits per heavy atom. The molecular formula is C7H8NO2W+. The Morgan fingerprint density at radius 3 is 2.55 bits per heavy atom. The van der Waals surface area contributed by atoms with E-state index in [1.165, 1.54) is 6.07 Å². The molecule has 0 bridgehead atoms. The topological polar surface area (TPSA) is 51.4 Å². The third-order valence-corrected chi connectivity index (χ3v) is 0.880. The van der Waals surface area contributed by atoms with E-state index in [1.807, 2.05) is 0 Å². The molecule has 0 saturated heterocycles. The quantitative estimate of drug-likeness (QED) is 0.763. The number of carbonyl (C=O) groups is 1. The Labute approximate surface area is 79.7 Å². The summed E-state index contributed by atoms with van der Waals surface area (Å²) < 4.78 is 0. The van der Waals surface area contributed by atoms with Gasteiger partial charge >= 0.3 is 21.1 Å². The molecule has 58 valence electrons. The maximum atomic E-state index is 10.1. The van der Waals surface area contributed by atoms with Gasteiger partial charge < -0.3 is 17.3 Å². The molecule has 1 aromatic heterocycles. The fraction of sp³-hybridized carbons (Fsp3) is 0. The minimum Gasteiger partial charge on any atom is -0.521 e. The monoisotopic (exact) mass is 322 g/mol. The zero-order valence-electron chi connectivity index (χ0n) is 6.00. The third kappa shape index (κ3) is 3.89. The molecule has 3 nitrogen and oxygen atoms in total. The van der Waals surface area contributed by atoms with Crippen molar-refractivity contribution in [2.45, 2.75) is 0 Å². The van der Waals surface area contributed by atoms with E-state index in [-0.39, 0.29) is 34.1 Å². The molecule has 1 rings (SSSR count). The summed E-state index contributed by atoms with van der Waals surface area (Å²) in [6, 6.07) is 3.08. The Morgan fingerprint density at radius 1 is 1.64 bits per heavy atom. The van der Waals surface area contributed by atoms with Crippen molar-refractivity contribution in [3.63, 3.8) is 0 Å². The van der Waals surface area contributed by atoms with Gasteiger partial charge in [-0.3, -0.25) is 4.98 Å². The van der Waals surface area contributed by atoms with Crippen molar-refractivity contribution in [2.24, 2.45) is 0 Å². The molecule has 0 unspecified atom stereocenters. The molecule has 0 radical (unpaired) electrons. The standard InChI is InChI=1S/C6H5NO2.CH3.W/c8-6(9)5-2-1-3-7-4-5;;/h1-3,7H,(H,8,9);1H3;/q;-1;+2. The van der Waals surface area contributed by atoms with Crippen molar-refractivity contribution >= 4 is 5.97 Å². The van der Waals surface area contributed by atoms with Gasteiger partial charge in [0.15, 0.2) is 6.20 Å². The Balaban J connectivity index is 0. The number of hydrogen-bond acceptors (Lipinski definition) is 1. The van der Waals surface area contributed by atoms with E-state index in [9.17, 15) is 4.79 Å². The summed E-state index contributed by atoms with van der Waals surface area (Å²) in [6.07, 6.45) is 4.05. The second-order valence-electron chi connectivity index (χ2n) is 1.51. The van der Waals surface area contributed by atoms with E-state index < -0.39 is 5.97 Å². The van der Waals surface area contributed by atoms with E-state index in [0.717, 1.165) is 0 Å². The minimum atomic E-state index is -0.966. The SMILES string of the molecule is O=C(O)c1[c-][nH+]ccc1.[CH3-].[W+2]. The van der Waals surface area contributed by atoms with E-state index in [0.29, 0.717) is 0 Å². The average Bonchev–Trinajstić information content (AvgIpc) is 1.90. The molecule has 0 aromatic carbocycles. The number of aromatic amines is 1. The van der Waals surface area contributed by atoms with E-state index >= 15 is 0 Å². The maximum Gasteiger partial charge on any atom is 2.00 e. The summed E-state index contributed by atoms with van der Waals surface area (Å²) in [6.45, 7) is 0. The van der Waals surface area contributed by atoms with Crippen molar-refractivity contribution in [1.29, 1.82) is 0 Å². The van der Waals surface area contributed by atoms with Gasteiger partial charge in [0, 0.05) is 5.56 Å². The molecule has 0 amide bonds. The molecule has 1 heterocycles. The molecular weight excluding hydrogens is 314 g/mol. The molecule has 4 heteroatoms. The number of nitrogens with one attached hydrogen (secondary N) is 1. The van der Waals surface area contributed by atoms with Crippen LogP contribution in [0.15, 0.2) is 18.3 Å². The number of carboxylic acid groups (broad SMARTS) is 1. The van der Waals surface area contributed by atoms with E-state index in [4.69, 9.17) is 5.11 Å². The first-order chi connectivity index (χ1) is 4.30. The molecule has 0 aliphatic heterocycles. The van der Waals surface area contributed by atoms with Crippen molar-refractivity contribution < 1.29 is 36.0 Å². The van der Waals surface area contributed by atoms with Gasteiger partial charge in [-0.15, -0.1) is 6.07 Å². The summed E-state index contributed by atoms with van der Waals surface area (Å²) in [5.74, 6) is -0.966. The second kappa shape index (κ2) is 6.05. The number of carboxylic acids is 1. The Bertz CT molecular complexity index is 213. The fourth-order valence-electron chi connectivity index (χ4n) is 0.478. The van der Waals surface area contributed by atoms with Crippen LogP contribution in [-0.2, 0) is 21.1 Å². The van der Waals surface area contributed by atoms with Crippen LogP contribution in [0.25, 0.3) is 0 Å². The molecule has 0 spiro atoms. The summed E-state index contributed by atoms with van der Waals surface area (Å²) >= 11 is 0. The van der Waals surface area contributed by atoms with Crippen LogP contribution in [0, 0.1) is 13.6 Å². The first kappa shape index (κ1) is 12.9. The Hall–Kier alpha value is -0.692. The molecule has 0 aliphatic rings. The second-order valence-corrected chi connectivity index (χ2v) is 1.51. The molecule has 1 aromatic rings. The van der Waals surface area contributed by atoms with Crippen LogP contribution in [0.3, 0.4) is 0 Å². The van der Waals surface area contributed by atoms with E-state index in [2.05, 4.69) is 11.2 Å². The summed E-state index contributed by atoms with van der Waals surface area (Å²) in [4.78, 5) is 12.7. The van der Waals surface area contributed by atoms with Gasteiger partial charge in [0.05, 0.1) is 6.20 Å². The van der Waals surface area contributed by atoms with Crippen molar-refractivity contribution in [3.8, 4) is 0 Å². The first-order valence-corrected chi connectivity index (χ1v) is 2.42. The van der Waals surface area contributed by atoms with Crippen LogP contribution in [0.5, 0.6) is 0 Å². The predicted molar refractivity (Wildman–Crippen MR) is 35.2 cm³/mol. The van der Waals surface area contributed by atoms with Gasteiger partial charge in [0.2, 0.25) is 0 Å². The summed E-state index contributed by atoms with van der Waals surface area (Å²) in [5.41, 5.74) is 0.150. The molecule has 0 fully saturated rings. The largest absolute Gasteiger partial charge is 2.00 e. The molecule has 11 heavy (non-hydrogen) atoms. The molecule has 0 saturated carbocycles. The first-order valence-electron chi connectivity index (χ1n) is 2.42. The van der Waals surface area contributed by atoms with Crippen LogP contribution in [0.2, 0.25) is 0 Å². The van der Waals surface area contributed by atoms with Gasteiger partial charge in [-0.25, -0.2) is 0 Å².